The van der Waals surface area contributed by atoms with Crippen LogP contribution in [-0.4, -0.2) is 64.9 Å². The molecule has 0 atom stereocenters. The third-order valence-electron chi connectivity index (χ3n) is 3.68. The first kappa shape index (κ1) is 15.1. The van der Waals surface area contributed by atoms with Crippen LogP contribution < -0.4 is 5.73 Å². The molecule has 0 aromatic carbocycles. The van der Waals surface area contributed by atoms with Crippen LogP contribution in [0.1, 0.15) is 23.1 Å². The quantitative estimate of drug-likeness (QED) is 0.848. The largest absolute Gasteiger partial charge is 0.453 e. The number of carbonyl (C=O) groups excluding carboxylic acids is 2. The number of anilines is 1. The molecular formula is C13H21N5O3. The Kier molecular flexibility index (Phi) is 4.35. The van der Waals surface area contributed by atoms with Gasteiger partial charge in [-0.05, 0) is 13.8 Å². The van der Waals surface area contributed by atoms with Crippen molar-refractivity contribution in [2.45, 2.75) is 20.4 Å². The molecule has 2 amide bonds. The van der Waals surface area contributed by atoms with Gasteiger partial charge in [0.15, 0.2) is 0 Å². The van der Waals surface area contributed by atoms with Crippen LogP contribution in [0.4, 0.5) is 10.5 Å². The van der Waals surface area contributed by atoms with Crippen molar-refractivity contribution >= 4 is 17.7 Å². The number of carbonyl (C=O) groups is 2. The van der Waals surface area contributed by atoms with E-state index >= 15 is 0 Å². The van der Waals surface area contributed by atoms with Crippen LogP contribution in [0.5, 0.6) is 0 Å². The highest BCUT2D eigenvalue weighted by atomic mass is 16.5. The Morgan fingerprint density at radius 1 is 1.24 bits per heavy atom. The molecular weight excluding hydrogens is 274 g/mol. The summed E-state index contributed by atoms with van der Waals surface area (Å²) in [5, 5.41) is 4.26. The average molecular weight is 295 g/mol. The molecule has 1 aliphatic heterocycles. The smallest absolute Gasteiger partial charge is 0.409 e. The summed E-state index contributed by atoms with van der Waals surface area (Å²) in [7, 11) is 1.35. The standard InChI is InChI=1S/C13H21N5O3/c1-4-18-11(10(14)9(2)15-18)12(19)16-5-7-17(8-6-16)13(20)21-3/h4-8,14H2,1-3H3. The zero-order valence-electron chi connectivity index (χ0n) is 12.6. The first-order valence-electron chi connectivity index (χ1n) is 6.94. The molecule has 0 radical (unpaired) electrons. The lowest BCUT2D eigenvalue weighted by Gasteiger charge is -2.33. The number of amides is 2. The Balaban J connectivity index is 2.11. The first-order chi connectivity index (χ1) is 9.99. The minimum absolute atomic E-state index is 0.139. The SMILES string of the molecule is CCn1nc(C)c(N)c1C(=O)N1CCN(C(=O)OC)CC1. The average Bonchev–Trinajstić information content (AvgIpc) is 2.81. The second-order valence-electron chi connectivity index (χ2n) is 4.91. The van der Waals surface area contributed by atoms with Crippen LogP contribution in [0.3, 0.4) is 0 Å². The Morgan fingerprint density at radius 3 is 2.33 bits per heavy atom. The summed E-state index contributed by atoms with van der Waals surface area (Å²) in [5.74, 6) is -0.139. The van der Waals surface area contributed by atoms with Crippen LogP contribution >= 0.6 is 0 Å². The molecule has 2 N–H and O–H groups in total. The summed E-state index contributed by atoms with van der Waals surface area (Å²) in [6, 6.07) is 0. The van der Waals surface area contributed by atoms with Crippen molar-refractivity contribution in [3.05, 3.63) is 11.4 Å². The van der Waals surface area contributed by atoms with E-state index in [4.69, 9.17) is 5.73 Å². The van der Waals surface area contributed by atoms with Crippen molar-refractivity contribution in [2.75, 3.05) is 39.0 Å². The number of methoxy groups -OCH3 is 1. The maximum atomic E-state index is 12.6. The predicted molar refractivity (Wildman–Crippen MR) is 76.9 cm³/mol. The Hall–Kier alpha value is -2.25. The number of ether oxygens (including phenoxy) is 1. The highest BCUT2D eigenvalue weighted by Gasteiger charge is 2.29. The van der Waals surface area contributed by atoms with E-state index in [1.54, 1.807) is 21.4 Å². The molecule has 21 heavy (non-hydrogen) atoms. The van der Waals surface area contributed by atoms with Crippen molar-refractivity contribution < 1.29 is 14.3 Å². The van der Waals surface area contributed by atoms with Crippen molar-refractivity contribution in [2.24, 2.45) is 0 Å². The molecule has 0 spiro atoms. The van der Waals surface area contributed by atoms with Gasteiger partial charge in [-0.2, -0.15) is 5.10 Å². The lowest BCUT2D eigenvalue weighted by atomic mass is 10.2. The Bertz CT molecular complexity index is 546. The number of piperazine rings is 1. The summed E-state index contributed by atoms with van der Waals surface area (Å²) >= 11 is 0. The molecule has 0 saturated carbocycles. The van der Waals surface area contributed by atoms with E-state index in [1.807, 2.05) is 6.92 Å². The summed E-state index contributed by atoms with van der Waals surface area (Å²) in [6.45, 7) is 6.12. The number of hydrogen-bond acceptors (Lipinski definition) is 5. The topological polar surface area (TPSA) is 93.7 Å². The Labute approximate surface area is 123 Å². The van der Waals surface area contributed by atoms with Gasteiger partial charge in [0, 0.05) is 32.7 Å². The second kappa shape index (κ2) is 6.02. The zero-order valence-corrected chi connectivity index (χ0v) is 12.6. The third-order valence-corrected chi connectivity index (χ3v) is 3.68. The summed E-state index contributed by atoms with van der Waals surface area (Å²) in [4.78, 5) is 27.3. The van der Waals surface area contributed by atoms with E-state index in [-0.39, 0.29) is 12.0 Å². The van der Waals surface area contributed by atoms with Gasteiger partial charge >= 0.3 is 6.09 Å². The molecule has 8 heteroatoms. The van der Waals surface area contributed by atoms with Gasteiger partial charge in [-0.1, -0.05) is 0 Å². The maximum absolute atomic E-state index is 12.6. The number of nitrogen functional groups attached to an aromatic ring is 1. The van der Waals surface area contributed by atoms with Crippen molar-refractivity contribution in [1.82, 2.24) is 19.6 Å². The molecule has 1 fully saturated rings. The fourth-order valence-corrected chi connectivity index (χ4v) is 2.42. The minimum Gasteiger partial charge on any atom is -0.453 e. The number of aromatic nitrogens is 2. The van der Waals surface area contributed by atoms with E-state index in [0.717, 1.165) is 0 Å². The molecule has 116 valence electrons. The summed E-state index contributed by atoms with van der Waals surface area (Å²) < 4.78 is 6.30. The van der Waals surface area contributed by atoms with Crippen molar-refractivity contribution in [1.29, 1.82) is 0 Å². The van der Waals surface area contributed by atoms with Crippen LogP contribution in [0, 0.1) is 6.92 Å². The van der Waals surface area contributed by atoms with Crippen molar-refractivity contribution in [3.8, 4) is 0 Å². The molecule has 1 aromatic rings. The molecule has 8 nitrogen and oxygen atoms in total. The molecule has 1 saturated heterocycles. The summed E-state index contributed by atoms with van der Waals surface area (Å²) in [6.07, 6.45) is -0.365. The van der Waals surface area contributed by atoms with Gasteiger partial charge in [0.25, 0.3) is 5.91 Å². The number of hydrogen-bond donors (Lipinski definition) is 1. The van der Waals surface area contributed by atoms with Crippen LogP contribution in [0.15, 0.2) is 0 Å². The van der Waals surface area contributed by atoms with E-state index < -0.39 is 0 Å². The highest BCUT2D eigenvalue weighted by Crippen LogP contribution is 2.19. The fourth-order valence-electron chi connectivity index (χ4n) is 2.42. The molecule has 0 aliphatic carbocycles. The highest BCUT2D eigenvalue weighted by molar-refractivity contribution is 5.98. The number of rotatable bonds is 2. The second-order valence-corrected chi connectivity index (χ2v) is 4.91. The molecule has 0 unspecified atom stereocenters. The Morgan fingerprint density at radius 2 is 1.81 bits per heavy atom. The monoisotopic (exact) mass is 295 g/mol. The molecule has 0 bridgehead atoms. The molecule has 2 heterocycles. The van der Waals surface area contributed by atoms with Gasteiger partial charge < -0.3 is 20.3 Å². The third kappa shape index (κ3) is 2.79. The lowest BCUT2D eigenvalue weighted by molar-refractivity contribution is 0.0590. The zero-order chi connectivity index (χ0) is 15.6. The van der Waals surface area contributed by atoms with Crippen LogP contribution in [0.25, 0.3) is 0 Å². The van der Waals surface area contributed by atoms with E-state index in [1.165, 1.54) is 7.11 Å². The normalized spacial score (nSPS) is 15.2. The van der Waals surface area contributed by atoms with Crippen LogP contribution in [-0.2, 0) is 11.3 Å². The van der Waals surface area contributed by atoms with Gasteiger partial charge in [0.2, 0.25) is 0 Å². The fraction of sp³-hybridized carbons (Fsp3) is 0.615. The molecule has 1 aliphatic rings. The first-order valence-corrected chi connectivity index (χ1v) is 6.94. The van der Waals surface area contributed by atoms with Crippen LogP contribution in [0.2, 0.25) is 0 Å². The van der Waals surface area contributed by atoms with Gasteiger partial charge in [0.1, 0.15) is 5.69 Å². The van der Waals surface area contributed by atoms with Gasteiger partial charge in [0.05, 0.1) is 18.5 Å². The van der Waals surface area contributed by atoms with E-state index in [0.29, 0.717) is 49.8 Å². The van der Waals surface area contributed by atoms with Crippen molar-refractivity contribution in [3.63, 3.8) is 0 Å². The summed E-state index contributed by atoms with van der Waals surface area (Å²) in [5.41, 5.74) is 7.49. The predicted octanol–water partition coefficient (Wildman–Crippen LogP) is 0.318. The number of aryl methyl sites for hydroxylation is 2. The molecule has 1 aromatic heterocycles. The molecule has 2 rings (SSSR count). The maximum Gasteiger partial charge on any atom is 0.409 e. The van der Waals surface area contributed by atoms with Gasteiger partial charge in [-0.25, -0.2) is 4.79 Å². The van der Waals surface area contributed by atoms with E-state index in [2.05, 4.69) is 9.84 Å². The number of nitrogens with zero attached hydrogens (tertiary/aromatic N) is 4. The number of nitrogens with two attached hydrogens (primary N) is 1. The van der Waals surface area contributed by atoms with Gasteiger partial charge in [-0.3, -0.25) is 9.48 Å². The van der Waals surface area contributed by atoms with Gasteiger partial charge in [-0.15, -0.1) is 0 Å². The lowest BCUT2D eigenvalue weighted by Crippen LogP contribution is -2.51. The minimum atomic E-state index is -0.365. The van der Waals surface area contributed by atoms with E-state index in [9.17, 15) is 9.59 Å².